The number of nitrogens with zero attached hydrogens (tertiary/aromatic N) is 1. The normalized spacial score (nSPS) is 11.5. The Balaban J connectivity index is 2.99. The summed E-state index contributed by atoms with van der Waals surface area (Å²) in [7, 11) is 0. The fraction of sp³-hybridized carbons (Fsp3) is 0.400. The second-order valence-corrected chi connectivity index (χ2v) is 7.42. The number of non-ortho nitro benzene ring substituents is 1. The molecule has 0 aliphatic carbocycles. The van der Waals surface area contributed by atoms with E-state index in [0.717, 1.165) is 16.5 Å². The Morgan fingerprint density at radius 1 is 1.53 bits per heavy atom. The first-order valence-corrected chi connectivity index (χ1v) is 6.18. The summed E-state index contributed by atoms with van der Waals surface area (Å²) in [5.41, 5.74) is 1.21. The van der Waals surface area contributed by atoms with E-state index in [4.69, 9.17) is 0 Å². The monoisotopic (exact) mass is 331 g/mol. The van der Waals surface area contributed by atoms with E-state index in [2.05, 4.69) is 46.6 Å². The molecule has 1 aromatic rings. The van der Waals surface area contributed by atoms with Crippen molar-refractivity contribution in [3.63, 3.8) is 0 Å². The average Bonchev–Trinajstić information content (AvgIpc) is 2.05. The molecule has 0 unspecified atom stereocenters. The van der Waals surface area contributed by atoms with Gasteiger partial charge in [-0.3, -0.25) is 0 Å². The van der Waals surface area contributed by atoms with Gasteiger partial charge in [0.05, 0.1) is 0 Å². The van der Waals surface area contributed by atoms with E-state index in [1.54, 1.807) is 18.2 Å². The van der Waals surface area contributed by atoms with Crippen LogP contribution >= 0.6 is 15.9 Å². The van der Waals surface area contributed by atoms with Crippen LogP contribution in [0.15, 0.2) is 22.7 Å². The second-order valence-electron chi connectivity index (χ2n) is 4.02. The molecule has 0 N–H and O–H groups in total. The first-order chi connectivity index (χ1) is 6.79. The predicted octanol–water partition coefficient (Wildman–Crippen LogP) is 3.27. The topological polar surface area (TPSA) is 43.1 Å². The molecule has 3 nitrogen and oxygen atoms in total. The summed E-state index contributed by atoms with van der Waals surface area (Å²) in [5.74, 6) is 0. The van der Waals surface area contributed by atoms with E-state index in [-0.39, 0.29) is 14.8 Å². The first-order valence-electron chi connectivity index (χ1n) is 4.45. The van der Waals surface area contributed by atoms with Crippen LogP contribution in [0.2, 0.25) is 4.20 Å². The van der Waals surface area contributed by atoms with Crippen LogP contribution in [-0.4, -0.2) is 21.8 Å². The fourth-order valence-corrected chi connectivity index (χ4v) is 2.12. The maximum absolute atomic E-state index is 10.5. The van der Waals surface area contributed by atoms with Gasteiger partial charge in [-0.25, -0.2) is 0 Å². The van der Waals surface area contributed by atoms with Crippen LogP contribution in [0, 0.1) is 10.1 Å². The van der Waals surface area contributed by atoms with E-state index in [9.17, 15) is 10.1 Å². The third kappa shape index (κ3) is 3.96. The molecule has 0 heterocycles. The number of hydrogen-bond acceptors (Lipinski definition) is 2. The van der Waals surface area contributed by atoms with Crippen LogP contribution in [0.5, 0.6) is 0 Å². The molecule has 0 saturated heterocycles. The van der Waals surface area contributed by atoms with Gasteiger partial charge in [-0.05, 0) is 0 Å². The van der Waals surface area contributed by atoms with Gasteiger partial charge in [0.2, 0.25) is 0 Å². The van der Waals surface area contributed by atoms with Crippen molar-refractivity contribution in [3.8, 4) is 0 Å². The van der Waals surface area contributed by atoms with Crippen LogP contribution in [-0.2, 0) is 6.42 Å². The minimum absolute atomic E-state index is 0.117. The molecule has 0 bridgehead atoms. The predicted molar refractivity (Wildman–Crippen MR) is 64.3 cm³/mol. The Morgan fingerprint density at radius 2 is 2.13 bits per heavy atom. The van der Waals surface area contributed by atoms with Gasteiger partial charge < -0.3 is 0 Å². The molecule has 0 fully saturated rings. The Kier molecular flexibility index (Phi) is 3.96. The first kappa shape index (κ1) is 12.7. The van der Waals surface area contributed by atoms with Gasteiger partial charge in [0, 0.05) is 0 Å². The number of hydrogen-bond donors (Lipinski definition) is 0. The Hall–Kier alpha value is -0.342. The van der Waals surface area contributed by atoms with Gasteiger partial charge in [0.15, 0.2) is 0 Å². The molecule has 0 aromatic heterocycles. The van der Waals surface area contributed by atoms with Gasteiger partial charge in [-0.2, -0.15) is 0 Å². The van der Waals surface area contributed by atoms with Crippen molar-refractivity contribution in [1.82, 2.24) is 0 Å². The summed E-state index contributed by atoms with van der Waals surface area (Å²) < 4.78 is 0.918. The molecule has 0 amide bonds. The van der Waals surface area contributed by atoms with Gasteiger partial charge >= 0.3 is 106 Å². The second kappa shape index (κ2) is 4.67. The van der Waals surface area contributed by atoms with Gasteiger partial charge in [0.1, 0.15) is 0 Å². The molecular formula is C10H11AsBrNO2. The van der Waals surface area contributed by atoms with Crippen molar-refractivity contribution in [2.45, 2.75) is 24.5 Å². The van der Waals surface area contributed by atoms with Crippen molar-refractivity contribution < 1.29 is 4.92 Å². The summed E-state index contributed by atoms with van der Waals surface area (Å²) in [6, 6.07) is 4.89. The number of rotatable bonds is 3. The van der Waals surface area contributed by atoms with Gasteiger partial charge in [-0.15, -0.1) is 0 Å². The summed E-state index contributed by atoms with van der Waals surface area (Å²) in [5, 5.41) is 10.5. The summed E-state index contributed by atoms with van der Waals surface area (Å²) in [4.78, 5) is 10.1. The SMILES string of the molecule is CC(C)([As])Cc1ccc([N+](=O)[O-])cc1Br. The molecule has 1 rings (SSSR count). The zero-order valence-corrected chi connectivity index (χ0v) is 12.0. The molecule has 0 aliphatic heterocycles. The molecular weight excluding hydrogens is 321 g/mol. The van der Waals surface area contributed by atoms with Gasteiger partial charge in [-0.1, -0.05) is 0 Å². The van der Waals surface area contributed by atoms with Crippen LogP contribution < -0.4 is 0 Å². The van der Waals surface area contributed by atoms with E-state index >= 15 is 0 Å². The Bertz CT molecular complexity index is 387. The minimum atomic E-state index is -0.387. The number of nitro benzene ring substituents is 1. The van der Waals surface area contributed by atoms with Crippen LogP contribution in [0.4, 0.5) is 5.69 Å². The molecule has 0 aliphatic rings. The van der Waals surface area contributed by atoms with E-state index < -0.39 is 0 Å². The van der Waals surface area contributed by atoms with Crippen LogP contribution in [0.25, 0.3) is 0 Å². The zero-order chi connectivity index (χ0) is 11.6. The Labute approximate surface area is 106 Å². The molecule has 0 spiro atoms. The number of halogens is 1. The maximum atomic E-state index is 10.5. The fourth-order valence-electron chi connectivity index (χ4n) is 1.26. The van der Waals surface area contributed by atoms with Crippen molar-refractivity contribution in [2.75, 3.05) is 0 Å². The molecule has 1 aromatic carbocycles. The van der Waals surface area contributed by atoms with Crippen LogP contribution in [0.3, 0.4) is 0 Å². The quantitative estimate of drug-likeness (QED) is 0.484. The van der Waals surface area contributed by atoms with Crippen molar-refractivity contribution in [2.24, 2.45) is 0 Å². The van der Waals surface area contributed by atoms with E-state index in [1.807, 2.05) is 0 Å². The number of benzene rings is 1. The molecule has 0 saturated carbocycles. The molecule has 15 heavy (non-hydrogen) atoms. The van der Waals surface area contributed by atoms with Crippen LogP contribution in [0.1, 0.15) is 19.4 Å². The third-order valence-electron chi connectivity index (χ3n) is 1.87. The van der Waals surface area contributed by atoms with E-state index in [1.165, 1.54) is 0 Å². The molecule has 80 valence electrons. The zero-order valence-electron chi connectivity index (χ0n) is 8.53. The average molecular weight is 332 g/mol. The van der Waals surface area contributed by atoms with E-state index in [0.29, 0.717) is 0 Å². The molecule has 0 atom stereocenters. The summed E-state index contributed by atoms with van der Waals surface area (Å²) >= 11 is 5.96. The molecule has 5 heteroatoms. The summed E-state index contributed by atoms with van der Waals surface area (Å²) in [6.45, 7) is 4.22. The van der Waals surface area contributed by atoms with Crippen molar-refractivity contribution >= 4 is 38.5 Å². The number of nitro groups is 1. The standard InChI is InChI=1S/C10H11AsBrNO2/c1-10(2,11)6-7-3-4-8(13(14)15)5-9(7)12/h3-5H,6H2,1-2H3. The van der Waals surface area contributed by atoms with Crippen molar-refractivity contribution in [1.29, 1.82) is 0 Å². The summed E-state index contributed by atoms with van der Waals surface area (Å²) in [6.07, 6.45) is 0.867. The third-order valence-corrected chi connectivity index (χ3v) is 2.94. The van der Waals surface area contributed by atoms with Gasteiger partial charge in [0.25, 0.3) is 0 Å². The Morgan fingerprint density at radius 3 is 2.53 bits per heavy atom. The molecule has 2 radical (unpaired) electrons. The van der Waals surface area contributed by atoms with Crippen molar-refractivity contribution in [3.05, 3.63) is 38.3 Å².